The minimum atomic E-state index is -1.00. The third-order valence-corrected chi connectivity index (χ3v) is 3.97. The highest BCUT2D eigenvalue weighted by atomic mass is 35.5. The average molecular weight is 303 g/mol. The maximum Gasteiger partial charge on any atom is 0.125 e. The zero-order valence-electron chi connectivity index (χ0n) is 11.4. The highest BCUT2D eigenvalue weighted by molar-refractivity contribution is 6.42. The number of hydrogen-bond donors (Lipinski definition) is 0. The lowest BCUT2D eigenvalue weighted by molar-refractivity contribution is 0.376. The van der Waals surface area contributed by atoms with Crippen molar-refractivity contribution in [3.05, 3.63) is 40.4 Å². The SMILES string of the molecule is C=C(c1ccc(Cl)c(Cl)c1)C(F)CCCCCCC. The van der Waals surface area contributed by atoms with Crippen molar-refractivity contribution in [1.29, 1.82) is 0 Å². The van der Waals surface area contributed by atoms with E-state index in [0.717, 1.165) is 18.4 Å². The first-order valence-electron chi connectivity index (χ1n) is 6.84. The Bertz CT molecular complexity index is 415. The summed E-state index contributed by atoms with van der Waals surface area (Å²) in [7, 11) is 0. The third kappa shape index (κ3) is 5.54. The molecule has 0 radical (unpaired) electrons. The van der Waals surface area contributed by atoms with Crippen molar-refractivity contribution in [1.82, 2.24) is 0 Å². The highest BCUT2D eigenvalue weighted by Crippen LogP contribution is 2.29. The van der Waals surface area contributed by atoms with E-state index >= 15 is 0 Å². The molecule has 0 fully saturated rings. The second-order valence-electron chi connectivity index (χ2n) is 4.82. The van der Waals surface area contributed by atoms with E-state index < -0.39 is 6.17 Å². The fraction of sp³-hybridized carbons (Fsp3) is 0.500. The van der Waals surface area contributed by atoms with Gasteiger partial charge in [0, 0.05) is 0 Å². The van der Waals surface area contributed by atoms with Gasteiger partial charge in [0.1, 0.15) is 6.17 Å². The first-order chi connectivity index (χ1) is 9.06. The van der Waals surface area contributed by atoms with E-state index in [1.807, 2.05) is 0 Å². The Morgan fingerprint density at radius 2 is 1.84 bits per heavy atom. The summed E-state index contributed by atoms with van der Waals surface area (Å²) in [5.41, 5.74) is 1.23. The molecule has 1 aromatic carbocycles. The maximum absolute atomic E-state index is 14.0. The molecule has 1 unspecified atom stereocenters. The predicted octanol–water partition coefficient (Wildman–Crippen LogP) is 6.71. The average Bonchev–Trinajstić information content (AvgIpc) is 2.40. The van der Waals surface area contributed by atoms with Gasteiger partial charge in [-0.2, -0.15) is 0 Å². The van der Waals surface area contributed by atoms with Crippen molar-refractivity contribution < 1.29 is 4.39 Å². The second kappa shape index (κ2) is 8.60. The van der Waals surface area contributed by atoms with Crippen LogP contribution in [0.1, 0.15) is 51.0 Å². The summed E-state index contributed by atoms with van der Waals surface area (Å²) < 4.78 is 14.0. The molecule has 0 amide bonds. The zero-order valence-corrected chi connectivity index (χ0v) is 12.9. The number of hydrogen-bond acceptors (Lipinski definition) is 0. The Kier molecular flexibility index (Phi) is 7.48. The maximum atomic E-state index is 14.0. The van der Waals surface area contributed by atoms with Gasteiger partial charge in [-0.3, -0.25) is 0 Å². The molecule has 0 saturated heterocycles. The van der Waals surface area contributed by atoms with E-state index in [-0.39, 0.29) is 0 Å². The standard InChI is InChI=1S/C16H21Cl2F/c1-3-4-5-6-7-8-16(19)12(2)13-9-10-14(17)15(18)11-13/h9-11,16H,2-8H2,1H3. The van der Waals surface area contributed by atoms with Crippen molar-refractivity contribution >= 4 is 28.8 Å². The monoisotopic (exact) mass is 302 g/mol. The van der Waals surface area contributed by atoms with Crippen LogP contribution in [0.25, 0.3) is 5.57 Å². The van der Waals surface area contributed by atoms with E-state index in [9.17, 15) is 4.39 Å². The van der Waals surface area contributed by atoms with Crippen LogP contribution in [0, 0.1) is 0 Å². The summed E-state index contributed by atoms with van der Waals surface area (Å²) in [4.78, 5) is 0. The van der Waals surface area contributed by atoms with E-state index in [4.69, 9.17) is 23.2 Å². The summed E-state index contributed by atoms with van der Waals surface area (Å²) in [5.74, 6) is 0. The summed E-state index contributed by atoms with van der Waals surface area (Å²) in [6.07, 6.45) is 5.13. The van der Waals surface area contributed by atoms with Crippen molar-refractivity contribution in [2.75, 3.05) is 0 Å². The lowest BCUT2D eigenvalue weighted by Crippen LogP contribution is -2.03. The van der Waals surface area contributed by atoms with Gasteiger partial charge in [-0.1, -0.05) is 74.9 Å². The Balaban J connectivity index is 2.45. The lowest BCUT2D eigenvalue weighted by Gasteiger charge is -2.12. The molecule has 1 rings (SSSR count). The molecule has 1 aromatic rings. The van der Waals surface area contributed by atoms with E-state index in [0.29, 0.717) is 22.0 Å². The molecule has 106 valence electrons. The predicted molar refractivity (Wildman–Crippen MR) is 83.8 cm³/mol. The first kappa shape index (κ1) is 16.5. The number of alkyl halides is 1. The van der Waals surface area contributed by atoms with E-state index in [1.165, 1.54) is 19.3 Å². The van der Waals surface area contributed by atoms with Crippen LogP contribution in [0.4, 0.5) is 4.39 Å². The fourth-order valence-electron chi connectivity index (χ4n) is 1.98. The Hall–Kier alpha value is -0.530. The van der Waals surface area contributed by atoms with E-state index in [2.05, 4.69) is 13.5 Å². The molecule has 0 nitrogen and oxygen atoms in total. The molecule has 3 heteroatoms. The normalized spacial score (nSPS) is 12.4. The molecule has 0 aliphatic rings. The van der Waals surface area contributed by atoms with Crippen LogP contribution in [0.2, 0.25) is 10.0 Å². The van der Waals surface area contributed by atoms with Crippen LogP contribution in [0.15, 0.2) is 24.8 Å². The summed E-state index contributed by atoms with van der Waals surface area (Å²) in [6, 6.07) is 5.12. The third-order valence-electron chi connectivity index (χ3n) is 3.23. The summed E-state index contributed by atoms with van der Waals surface area (Å²) in [5, 5.41) is 0.920. The number of unbranched alkanes of at least 4 members (excludes halogenated alkanes) is 4. The van der Waals surface area contributed by atoms with Gasteiger partial charge < -0.3 is 0 Å². The van der Waals surface area contributed by atoms with Gasteiger partial charge in [0.25, 0.3) is 0 Å². The molecular formula is C16H21Cl2F. The van der Waals surface area contributed by atoms with Gasteiger partial charge in [0.2, 0.25) is 0 Å². The quantitative estimate of drug-likeness (QED) is 0.468. The molecule has 0 aliphatic heterocycles. The van der Waals surface area contributed by atoms with Crippen molar-refractivity contribution in [2.24, 2.45) is 0 Å². The van der Waals surface area contributed by atoms with Crippen molar-refractivity contribution in [3.8, 4) is 0 Å². The number of halogens is 3. The summed E-state index contributed by atoms with van der Waals surface area (Å²) in [6.45, 7) is 6.00. The van der Waals surface area contributed by atoms with Gasteiger partial charge >= 0.3 is 0 Å². The minimum Gasteiger partial charge on any atom is -0.242 e. The topological polar surface area (TPSA) is 0 Å². The molecule has 0 aliphatic carbocycles. The molecule has 0 bridgehead atoms. The van der Waals surface area contributed by atoms with Crippen LogP contribution in [0.5, 0.6) is 0 Å². The van der Waals surface area contributed by atoms with Crippen LogP contribution >= 0.6 is 23.2 Å². The summed E-state index contributed by atoms with van der Waals surface area (Å²) >= 11 is 11.8. The molecule has 1 atom stereocenters. The van der Waals surface area contributed by atoms with Crippen LogP contribution < -0.4 is 0 Å². The fourth-order valence-corrected chi connectivity index (χ4v) is 2.28. The minimum absolute atomic E-state index is 0.440. The van der Waals surface area contributed by atoms with Gasteiger partial charge in [0.15, 0.2) is 0 Å². The number of allylic oxidation sites excluding steroid dienone is 1. The van der Waals surface area contributed by atoms with Gasteiger partial charge in [-0.05, 0) is 29.7 Å². The van der Waals surface area contributed by atoms with Gasteiger partial charge in [-0.15, -0.1) is 0 Å². The second-order valence-corrected chi connectivity index (χ2v) is 5.64. The van der Waals surface area contributed by atoms with Crippen LogP contribution in [0.3, 0.4) is 0 Å². The van der Waals surface area contributed by atoms with Crippen molar-refractivity contribution in [3.63, 3.8) is 0 Å². The largest absolute Gasteiger partial charge is 0.242 e. The molecule has 0 aromatic heterocycles. The Labute approximate surface area is 125 Å². The van der Waals surface area contributed by atoms with Gasteiger partial charge in [-0.25, -0.2) is 4.39 Å². The van der Waals surface area contributed by atoms with E-state index in [1.54, 1.807) is 18.2 Å². The molecule has 0 spiro atoms. The first-order valence-corrected chi connectivity index (χ1v) is 7.60. The lowest BCUT2D eigenvalue weighted by atomic mass is 9.99. The van der Waals surface area contributed by atoms with Gasteiger partial charge in [0.05, 0.1) is 10.0 Å². The Morgan fingerprint density at radius 3 is 2.47 bits per heavy atom. The molecular weight excluding hydrogens is 282 g/mol. The molecule has 0 heterocycles. The van der Waals surface area contributed by atoms with Crippen molar-refractivity contribution in [2.45, 2.75) is 51.6 Å². The molecule has 0 N–H and O–H groups in total. The highest BCUT2D eigenvalue weighted by Gasteiger charge is 2.13. The zero-order chi connectivity index (χ0) is 14.3. The Morgan fingerprint density at radius 1 is 1.16 bits per heavy atom. The van der Waals surface area contributed by atoms with Crippen LogP contribution in [-0.2, 0) is 0 Å². The molecule has 19 heavy (non-hydrogen) atoms. The number of benzene rings is 1. The smallest absolute Gasteiger partial charge is 0.125 e. The molecule has 0 saturated carbocycles. The number of rotatable bonds is 8. The van der Waals surface area contributed by atoms with Crippen LogP contribution in [-0.4, -0.2) is 6.17 Å².